The molecule has 0 aliphatic heterocycles. The minimum Gasteiger partial charge on any atom is -0.252 e. The van der Waals surface area contributed by atoms with Crippen molar-refractivity contribution in [2.45, 2.75) is 25.6 Å². The smallest absolute Gasteiger partial charge is 0.252 e. The van der Waals surface area contributed by atoms with Crippen molar-refractivity contribution in [3.05, 3.63) is 28.6 Å². The summed E-state index contributed by atoms with van der Waals surface area (Å²) in [4.78, 5) is 3.81. The largest absolute Gasteiger partial charge is 0.280 e. The van der Waals surface area contributed by atoms with E-state index in [1.54, 1.807) is 6.92 Å². The lowest BCUT2D eigenvalue weighted by Crippen LogP contribution is -1.99. The molecular weight excluding hydrogens is 240 g/mol. The third-order valence-corrected chi connectivity index (χ3v) is 2.61. The summed E-state index contributed by atoms with van der Waals surface area (Å²) in [5, 5.41) is 0.585. The molecule has 1 nitrogen and oxygen atoms in total. The summed E-state index contributed by atoms with van der Waals surface area (Å²) in [6.07, 6.45) is -2.49. The molecule has 0 fully saturated rings. The van der Waals surface area contributed by atoms with Crippen LogP contribution in [0.25, 0.3) is 0 Å². The molecule has 1 aromatic rings. The maximum absolute atomic E-state index is 12.3. The van der Waals surface area contributed by atoms with Crippen LogP contribution in [0.4, 0.5) is 8.78 Å². The van der Waals surface area contributed by atoms with Gasteiger partial charge in [-0.3, -0.25) is 4.98 Å². The first-order valence-corrected chi connectivity index (χ1v) is 4.99. The number of hydrogen-bond acceptors (Lipinski definition) is 1. The molecule has 0 bridgehead atoms. The molecule has 0 radical (unpaired) electrons. The fourth-order valence-electron chi connectivity index (χ4n) is 1.08. The molecule has 0 amide bonds. The van der Waals surface area contributed by atoms with Gasteiger partial charge >= 0.3 is 0 Å². The second-order valence-electron chi connectivity index (χ2n) is 2.85. The summed E-state index contributed by atoms with van der Waals surface area (Å²) in [5.74, 6) is 0. The lowest BCUT2D eigenvalue weighted by Gasteiger charge is -2.08. The average molecular weight is 250 g/mol. The van der Waals surface area contributed by atoms with Crippen molar-refractivity contribution in [1.82, 2.24) is 4.98 Å². The van der Waals surface area contributed by atoms with E-state index in [-0.39, 0.29) is 5.69 Å². The molecule has 1 heterocycles. The zero-order valence-electron chi connectivity index (χ0n) is 7.44. The Morgan fingerprint density at radius 1 is 1.46 bits per heavy atom. The summed E-state index contributed by atoms with van der Waals surface area (Å²) in [6.45, 7) is 3.63. The van der Waals surface area contributed by atoms with E-state index in [0.29, 0.717) is 11.0 Å². The number of aryl methyl sites for hydroxylation is 1. The van der Waals surface area contributed by atoms with Gasteiger partial charge in [0, 0.05) is 11.0 Å². The second kappa shape index (κ2) is 4.13. The van der Waals surface area contributed by atoms with E-state index >= 15 is 0 Å². The summed E-state index contributed by atoms with van der Waals surface area (Å²) in [7, 11) is 0. The Labute approximate surface area is 84.3 Å². The number of nitrogens with zero attached hydrogens (tertiary/aromatic N) is 1. The number of alkyl halides is 3. The van der Waals surface area contributed by atoms with Gasteiger partial charge in [0.2, 0.25) is 0 Å². The van der Waals surface area contributed by atoms with Crippen LogP contribution in [0.15, 0.2) is 6.07 Å². The van der Waals surface area contributed by atoms with Gasteiger partial charge in [0.1, 0.15) is 5.69 Å². The SMILES string of the molecule is Cc1nc(C(F)F)cc(CBr)c1C. The van der Waals surface area contributed by atoms with E-state index < -0.39 is 6.43 Å². The second-order valence-corrected chi connectivity index (χ2v) is 3.41. The van der Waals surface area contributed by atoms with E-state index in [4.69, 9.17) is 0 Å². The lowest BCUT2D eigenvalue weighted by atomic mass is 10.1. The van der Waals surface area contributed by atoms with Crippen molar-refractivity contribution < 1.29 is 8.78 Å². The van der Waals surface area contributed by atoms with Gasteiger partial charge in [0.25, 0.3) is 6.43 Å². The predicted octanol–water partition coefficient (Wildman–Crippen LogP) is 3.53. The molecule has 1 rings (SSSR count). The van der Waals surface area contributed by atoms with Crippen LogP contribution in [-0.2, 0) is 5.33 Å². The Balaban J connectivity index is 3.22. The highest BCUT2D eigenvalue weighted by Crippen LogP contribution is 2.22. The van der Waals surface area contributed by atoms with Crippen LogP contribution in [0.3, 0.4) is 0 Å². The third-order valence-electron chi connectivity index (χ3n) is 2.01. The number of aromatic nitrogens is 1. The highest BCUT2D eigenvalue weighted by Gasteiger charge is 2.12. The van der Waals surface area contributed by atoms with Gasteiger partial charge in [0.05, 0.1) is 0 Å². The highest BCUT2D eigenvalue weighted by molar-refractivity contribution is 9.08. The molecule has 13 heavy (non-hydrogen) atoms. The minimum atomic E-state index is -2.49. The first-order chi connectivity index (χ1) is 6.06. The Kier molecular flexibility index (Phi) is 3.36. The monoisotopic (exact) mass is 249 g/mol. The molecule has 4 heteroatoms. The van der Waals surface area contributed by atoms with E-state index in [0.717, 1.165) is 11.1 Å². The van der Waals surface area contributed by atoms with Crippen LogP contribution < -0.4 is 0 Å². The minimum absolute atomic E-state index is 0.141. The summed E-state index contributed by atoms with van der Waals surface area (Å²) in [6, 6.07) is 1.45. The van der Waals surface area contributed by atoms with Crippen LogP contribution in [-0.4, -0.2) is 4.98 Å². The summed E-state index contributed by atoms with van der Waals surface area (Å²) in [5.41, 5.74) is 2.38. The van der Waals surface area contributed by atoms with Crippen LogP contribution in [0, 0.1) is 13.8 Å². The molecular formula is C9H10BrF2N. The van der Waals surface area contributed by atoms with Crippen LogP contribution in [0.5, 0.6) is 0 Å². The molecule has 72 valence electrons. The van der Waals surface area contributed by atoms with Gasteiger partial charge in [-0.2, -0.15) is 0 Å². The van der Waals surface area contributed by atoms with Gasteiger partial charge in [-0.25, -0.2) is 8.78 Å². The lowest BCUT2D eigenvalue weighted by molar-refractivity contribution is 0.146. The zero-order valence-corrected chi connectivity index (χ0v) is 9.03. The zero-order chi connectivity index (χ0) is 10.0. The quantitative estimate of drug-likeness (QED) is 0.731. The highest BCUT2D eigenvalue weighted by atomic mass is 79.9. The average Bonchev–Trinajstić information content (AvgIpc) is 2.09. The predicted molar refractivity (Wildman–Crippen MR) is 51.3 cm³/mol. The normalized spacial score (nSPS) is 10.9. The Bertz CT molecular complexity index is 313. The van der Waals surface area contributed by atoms with Crippen molar-refractivity contribution in [3.63, 3.8) is 0 Å². The van der Waals surface area contributed by atoms with Crippen molar-refractivity contribution in [2.24, 2.45) is 0 Å². The fraction of sp³-hybridized carbons (Fsp3) is 0.444. The van der Waals surface area contributed by atoms with Crippen LogP contribution >= 0.6 is 15.9 Å². The van der Waals surface area contributed by atoms with Crippen LogP contribution in [0.1, 0.15) is 28.9 Å². The molecule has 0 aliphatic rings. The summed E-state index contributed by atoms with van der Waals surface area (Å²) < 4.78 is 24.6. The van der Waals surface area contributed by atoms with Gasteiger partial charge in [0.15, 0.2) is 0 Å². The molecule has 1 aromatic heterocycles. The van der Waals surface area contributed by atoms with Gasteiger partial charge < -0.3 is 0 Å². The van der Waals surface area contributed by atoms with E-state index in [9.17, 15) is 8.78 Å². The van der Waals surface area contributed by atoms with Gasteiger partial charge in [-0.05, 0) is 31.0 Å². The van der Waals surface area contributed by atoms with E-state index in [2.05, 4.69) is 20.9 Å². The number of hydrogen-bond donors (Lipinski definition) is 0. The number of pyridine rings is 1. The Morgan fingerprint density at radius 2 is 2.08 bits per heavy atom. The molecule has 0 unspecified atom stereocenters. The molecule has 0 spiro atoms. The van der Waals surface area contributed by atoms with Crippen molar-refractivity contribution >= 4 is 15.9 Å². The molecule has 0 aliphatic carbocycles. The molecule has 0 saturated carbocycles. The Morgan fingerprint density at radius 3 is 2.54 bits per heavy atom. The van der Waals surface area contributed by atoms with Crippen molar-refractivity contribution in [1.29, 1.82) is 0 Å². The van der Waals surface area contributed by atoms with Crippen molar-refractivity contribution in [2.75, 3.05) is 0 Å². The molecule has 0 atom stereocenters. The first-order valence-electron chi connectivity index (χ1n) is 3.87. The van der Waals surface area contributed by atoms with Crippen LogP contribution in [0.2, 0.25) is 0 Å². The first kappa shape index (κ1) is 10.6. The number of halogens is 3. The molecule has 0 saturated heterocycles. The molecule has 0 N–H and O–H groups in total. The third kappa shape index (κ3) is 2.24. The van der Waals surface area contributed by atoms with E-state index in [1.807, 2.05) is 6.92 Å². The van der Waals surface area contributed by atoms with Gasteiger partial charge in [-0.15, -0.1) is 0 Å². The molecule has 0 aromatic carbocycles. The summed E-state index contributed by atoms with van der Waals surface area (Å²) >= 11 is 3.25. The fourth-order valence-corrected chi connectivity index (χ4v) is 1.66. The maximum atomic E-state index is 12.3. The number of rotatable bonds is 2. The van der Waals surface area contributed by atoms with E-state index in [1.165, 1.54) is 6.07 Å². The Hall–Kier alpha value is -0.510. The topological polar surface area (TPSA) is 12.9 Å². The van der Waals surface area contributed by atoms with Gasteiger partial charge in [-0.1, -0.05) is 15.9 Å². The standard InChI is InChI=1S/C9H10BrF2N/c1-5-6(2)13-8(9(11)12)3-7(5)4-10/h3,9H,4H2,1-2H3. The van der Waals surface area contributed by atoms with Crippen molar-refractivity contribution in [3.8, 4) is 0 Å². The maximum Gasteiger partial charge on any atom is 0.280 e.